The summed E-state index contributed by atoms with van der Waals surface area (Å²) in [5, 5.41) is 11.5. The Bertz CT molecular complexity index is 3060. The molecule has 0 aliphatic carbocycles. The second kappa shape index (κ2) is 16.4. The van der Waals surface area contributed by atoms with Crippen molar-refractivity contribution >= 4 is 56.1 Å². The molecule has 0 fully saturated rings. The molecule has 7 heteroatoms. The van der Waals surface area contributed by atoms with Crippen LogP contribution in [0.25, 0.3) is 61.4 Å². The maximum atomic E-state index is 5.30. The zero-order valence-electron chi connectivity index (χ0n) is 34.1. The number of rotatable bonds is 10. The molecule has 11 rings (SSSR count). The third kappa shape index (κ3) is 7.23. The number of benzene rings is 9. The van der Waals surface area contributed by atoms with E-state index in [2.05, 4.69) is 168 Å². The zero-order valence-corrected chi connectivity index (χ0v) is 34.1. The quantitative estimate of drug-likeness (QED) is 0.137. The van der Waals surface area contributed by atoms with Crippen molar-refractivity contribution in [2.75, 3.05) is 9.80 Å². The van der Waals surface area contributed by atoms with Crippen LogP contribution in [0.4, 0.5) is 34.1 Å². The van der Waals surface area contributed by atoms with Crippen molar-refractivity contribution in [3.8, 4) is 39.5 Å². The van der Waals surface area contributed by atoms with Gasteiger partial charge in [-0.05, 0) is 96.1 Å². The molecule has 63 heavy (non-hydrogen) atoms. The fourth-order valence-electron chi connectivity index (χ4n) is 8.27. The molecule has 0 atom stereocenters. The smallest absolute Gasteiger partial charge is 0.185 e. The number of aromatic nitrogens is 5. The highest BCUT2D eigenvalue weighted by atomic mass is 15.5. The van der Waals surface area contributed by atoms with E-state index in [1.165, 1.54) is 0 Å². The molecule has 298 valence electrons. The number of anilines is 6. The van der Waals surface area contributed by atoms with E-state index in [9.17, 15) is 0 Å². The third-order valence-corrected chi connectivity index (χ3v) is 11.3. The molecule has 11 aromatic rings. The van der Waals surface area contributed by atoms with Gasteiger partial charge in [0.2, 0.25) is 0 Å². The molecule has 0 radical (unpaired) electrons. The Labute approximate surface area is 365 Å². The van der Waals surface area contributed by atoms with Crippen LogP contribution in [-0.4, -0.2) is 25.0 Å². The topological polar surface area (TPSA) is 63.0 Å². The SMILES string of the molecule is c1ccc(-c2nc(-n3nc4c(-c5ccc(N(c6ccccc6)c6ccccc6)cc5)ccc(-c5ccc(N(c6ccccc6)c6ccccc6)cc5)c4n3)c3ccccc3n2)cc1. The molecule has 0 unspecified atom stereocenters. The second-order valence-corrected chi connectivity index (χ2v) is 15.2. The van der Waals surface area contributed by atoms with Crippen LogP contribution in [0.1, 0.15) is 0 Å². The van der Waals surface area contributed by atoms with Crippen LogP contribution in [-0.2, 0) is 0 Å². The van der Waals surface area contributed by atoms with E-state index in [4.69, 9.17) is 20.2 Å². The van der Waals surface area contributed by atoms with E-state index >= 15 is 0 Å². The summed E-state index contributed by atoms with van der Waals surface area (Å²) < 4.78 is 0. The normalized spacial score (nSPS) is 11.2. The van der Waals surface area contributed by atoms with Gasteiger partial charge in [0.15, 0.2) is 11.6 Å². The van der Waals surface area contributed by atoms with Crippen molar-refractivity contribution in [3.63, 3.8) is 0 Å². The van der Waals surface area contributed by atoms with Gasteiger partial charge in [0.05, 0.1) is 5.52 Å². The van der Waals surface area contributed by atoms with Gasteiger partial charge in [-0.25, -0.2) is 9.97 Å². The number of para-hydroxylation sites is 5. The van der Waals surface area contributed by atoms with Gasteiger partial charge in [-0.3, -0.25) is 0 Å². The van der Waals surface area contributed by atoms with E-state index in [1.54, 1.807) is 4.80 Å². The number of nitrogens with zero attached hydrogens (tertiary/aromatic N) is 7. The lowest BCUT2D eigenvalue weighted by molar-refractivity contribution is 0.747. The van der Waals surface area contributed by atoms with Crippen LogP contribution in [0, 0.1) is 0 Å². The van der Waals surface area contributed by atoms with Gasteiger partial charge < -0.3 is 9.80 Å². The molecule has 9 aromatic carbocycles. The van der Waals surface area contributed by atoms with Gasteiger partial charge >= 0.3 is 0 Å². The highest BCUT2D eigenvalue weighted by Crippen LogP contribution is 2.40. The van der Waals surface area contributed by atoms with Gasteiger partial charge in [-0.2, -0.15) is 0 Å². The number of hydrogen-bond donors (Lipinski definition) is 0. The Morgan fingerprint density at radius 1 is 0.302 bits per heavy atom. The van der Waals surface area contributed by atoms with Gasteiger partial charge in [-0.1, -0.05) is 152 Å². The Balaban J connectivity index is 1.06. The van der Waals surface area contributed by atoms with Crippen LogP contribution in [0.3, 0.4) is 0 Å². The molecule has 0 saturated carbocycles. The van der Waals surface area contributed by atoms with Crippen LogP contribution in [0.2, 0.25) is 0 Å². The Morgan fingerprint density at radius 3 is 1.10 bits per heavy atom. The van der Waals surface area contributed by atoms with Gasteiger partial charge in [-0.15, -0.1) is 15.0 Å². The average molecular weight is 810 g/mol. The van der Waals surface area contributed by atoms with Crippen LogP contribution < -0.4 is 9.80 Å². The minimum Gasteiger partial charge on any atom is -0.311 e. The summed E-state index contributed by atoms with van der Waals surface area (Å²) in [5.74, 6) is 1.22. The number of hydrogen-bond acceptors (Lipinski definition) is 6. The summed E-state index contributed by atoms with van der Waals surface area (Å²) in [5.41, 5.74) is 13.7. The highest BCUT2D eigenvalue weighted by Gasteiger charge is 2.21. The minimum absolute atomic E-state index is 0.611. The van der Waals surface area contributed by atoms with Gasteiger partial charge in [0, 0.05) is 56.2 Å². The van der Waals surface area contributed by atoms with E-state index in [0.717, 1.165) is 83.9 Å². The molecule has 0 saturated heterocycles. The molecule has 0 aliphatic rings. The predicted octanol–water partition coefficient (Wildman–Crippen LogP) is 14.3. The van der Waals surface area contributed by atoms with Crippen molar-refractivity contribution in [2.45, 2.75) is 0 Å². The van der Waals surface area contributed by atoms with Crippen LogP contribution >= 0.6 is 0 Å². The Hall–Kier alpha value is -8.68. The first-order valence-electron chi connectivity index (χ1n) is 21.0. The third-order valence-electron chi connectivity index (χ3n) is 11.3. The fraction of sp³-hybridized carbons (Fsp3) is 0. The van der Waals surface area contributed by atoms with Crippen molar-refractivity contribution < 1.29 is 0 Å². The molecular weight excluding hydrogens is 771 g/mol. The summed E-state index contributed by atoms with van der Waals surface area (Å²) in [4.78, 5) is 16.3. The van der Waals surface area contributed by atoms with Gasteiger partial charge in [0.1, 0.15) is 11.0 Å². The molecule has 0 bridgehead atoms. The standard InChI is InChI=1S/C56H39N7/c1-6-18-42(19-7-1)55-57-52-29-17-16-28-51(52)56(58-55)63-59-53-49(40-30-34-47(35-31-40)61(43-20-8-2-9-21-43)44-22-10-3-11-23-44)38-39-50(54(53)60-63)41-32-36-48(37-33-41)62(45-24-12-4-13-25-45)46-26-14-5-15-27-46/h1-39H. The molecule has 7 nitrogen and oxygen atoms in total. The summed E-state index contributed by atoms with van der Waals surface area (Å²) in [7, 11) is 0. The Morgan fingerprint density at radius 2 is 0.667 bits per heavy atom. The molecule has 2 heterocycles. The first-order chi connectivity index (χ1) is 31.2. The molecular formula is C56H39N7. The second-order valence-electron chi connectivity index (χ2n) is 15.2. The van der Waals surface area contributed by atoms with Crippen molar-refractivity contribution in [1.29, 1.82) is 0 Å². The van der Waals surface area contributed by atoms with E-state index in [1.807, 2.05) is 78.9 Å². The van der Waals surface area contributed by atoms with Crippen molar-refractivity contribution in [1.82, 2.24) is 25.0 Å². The summed E-state index contributed by atoms with van der Waals surface area (Å²) in [6.45, 7) is 0. The molecule has 2 aromatic heterocycles. The lowest BCUT2D eigenvalue weighted by Crippen LogP contribution is -2.09. The summed E-state index contributed by atoms with van der Waals surface area (Å²) in [6, 6.07) is 81.6. The summed E-state index contributed by atoms with van der Waals surface area (Å²) in [6.07, 6.45) is 0. The first kappa shape index (κ1) is 37.3. The maximum absolute atomic E-state index is 5.30. The lowest BCUT2D eigenvalue weighted by atomic mass is 9.97. The van der Waals surface area contributed by atoms with Crippen LogP contribution in [0.15, 0.2) is 237 Å². The molecule has 0 aliphatic heterocycles. The minimum atomic E-state index is 0.611. The van der Waals surface area contributed by atoms with Gasteiger partial charge in [0.25, 0.3) is 0 Å². The van der Waals surface area contributed by atoms with E-state index in [0.29, 0.717) is 11.6 Å². The number of fused-ring (bicyclic) bond motifs is 2. The zero-order chi connectivity index (χ0) is 42.0. The molecule has 0 N–H and O–H groups in total. The Kier molecular flexibility index (Phi) is 9.72. The molecule has 0 spiro atoms. The first-order valence-corrected chi connectivity index (χ1v) is 21.0. The molecule has 0 amide bonds. The average Bonchev–Trinajstić information content (AvgIpc) is 3.81. The van der Waals surface area contributed by atoms with Crippen LogP contribution in [0.5, 0.6) is 0 Å². The fourth-order valence-corrected chi connectivity index (χ4v) is 8.27. The van der Waals surface area contributed by atoms with Crippen molar-refractivity contribution in [3.05, 3.63) is 237 Å². The summed E-state index contributed by atoms with van der Waals surface area (Å²) >= 11 is 0. The maximum Gasteiger partial charge on any atom is 0.185 e. The lowest BCUT2D eigenvalue weighted by Gasteiger charge is -2.25. The van der Waals surface area contributed by atoms with E-state index < -0.39 is 0 Å². The predicted molar refractivity (Wildman–Crippen MR) is 258 cm³/mol. The monoisotopic (exact) mass is 809 g/mol. The largest absolute Gasteiger partial charge is 0.311 e. The van der Waals surface area contributed by atoms with E-state index in [-0.39, 0.29) is 0 Å². The van der Waals surface area contributed by atoms with Crippen molar-refractivity contribution in [2.24, 2.45) is 0 Å². The highest BCUT2D eigenvalue weighted by molar-refractivity contribution is 6.01.